The minimum atomic E-state index is -0.0923. The average molecular weight is 375 g/mol. The molecule has 0 bridgehead atoms. The van der Waals surface area contributed by atoms with E-state index in [1.54, 1.807) is 0 Å². The van der Waals surface area contributed by atoms with Crippen LogP contribution in [0.1, 0.15) is 5.82 Å². The Bertz CT molecular complexity index is 959. The van der Waals surface area contributed by atoms with Crippen LogP contribution in [0.3, 0.4) is 0 Å². The number of aromatic nitrogens is 2. The fourth-order valence-corrected chi connectivity index (χ4v) is 4.36. The molecular weight excluding hydrogens is 356 g/mol. The van der Waals surface area contributed by atoms with Crippen molar-refractivity contribution in [3.63, 3.8) is 0 Å². The second kappa shape index (κ2) is 6.88. The number of nitrogens with zero attached hydrogens (tertiary/aromatic N) is 3. The Morgan fingerprint density at radius 1 is 1.20 bits per heavy atom. The third-order valence-corrected chi connectivity index (χ3v) is 5.83. The van der Waals surface area contributed by atoms with Gasteiger partial charge >= 0.3 is 0 Å². The molecule has 4 rings (SSSR count). The normalized spacial score (nSPS) is 16.6. The van der Waals surface area contributed by atoms with E-state index in [0.29, 0.717) is 17.0 Å². The Balaban J connectivity index is 1.68. The third kappa shape index (κ3) is 3.35. The first kappa shape index (κ1) is 16.7. The molecule has 1 saturated heterocycles. The van der Waals surface area contributed by atoms with Crippen molar-refractivity contribution in [2.45, 2.75) is 6.54 Å². The Morgan fingerprint density at radius 3 is 2.72 bits per heavy atom. The zero-order valence-corrected chi connectivity index (χ0v) is 15.5. The maximum Gasteiger partial charge on any atom is 0.260 e. The number of hydrogen-bond acceptors (Lipinski definition) is 5. The SMILES string of the molecule is CN1CCN(Cc2nc3scc(-c4ccccc4Cl)c3c(=O)[nH]2)CC1. The molecule has 1 aliphatic heterocycles. The monoisotopic (exact) mass is 374 g/mol. The number of thiophene rings is 1. The standard InChI is InChI=1S/C18H19ClN4OS/c1-22-6-8-23(9-7-22)10-15-20-17(24)16-13(11-25-18(16)21-15)12-4-2-3-5-14(12)19/h2-5,11H,6-10H2,1H3,(H,20,21,24). The van der Waals surface area contributed by atoms with Gasteiger partial charge in [0.1, 0.15) is 10.7 Å². The minimum Gasteiger partial charge on any atom is -0.309 e. The molecule has 0 saturated carbocycles. The molecule has 0 spiro atoms. The van der Waals surface area contributed by atoms with Crippen molar-refractivity contribution in [1.82, 2.24) is 19.8 Å². The van der Waals surface area contributed by atoms with Crippen molar-refractivity contribution in [1.29, 1.82) is 0 Å². The van der Waals surface area contributed by atoms with Gasteiger partial charge in [-0.2, -0.15) is 0 Å². The van der Waals surface area contributed by atoms with Crippen LogP contribution in [-0.2, 0) is 6.54 Å². The number of hydrogen-bond donors (Lipinski definition) is 1. The zero-order valence-electron chi connectivity index (χ0n) is 14.0. The number of H-pyrrole nitrogens is 1. The van der Waals surface area contributed by atoms with Gasteiger partial charge in [-0.1, -0.05) is 29.8 Å². The molecule has 0 radical (unpaired) electrons. The van der Waals surface area contributed by atoms with Crippen LogP contribution >= 0.6 is 22.9 Å². The quantitative estimate of drug-likeness (QED) is 0.765. The molecule has 25 heavy (non-hydrogen) atoms. The van der Waals surface area contributed by atoms with Crippen molar-refractivity contribution in [2.24, 2.45) is 0 Å². The highest BCUT2D eigenvalue weighted by molar-refractivity contribution is 7.17. The number of nitrogens with one attached hydrogen (secondary N) is 1. The van der Waals surface area contributed by atoms with Crippen molar-refractivity contribution in [2.75, 3.05) is 33.2 Å². The number of halogens is 1. The number of likely N-dealkylation sites (N-methyl/N-ethyl adjacent to an activating group) is 1. The molecular formula is C18H19ClN4OS. The summed E-state index contributed by atoms with van der Waals surface area (Å²) in [7, 11) is 2.13. The Morgan fingerprint density at radius 2 is 1.96 bits per heavy atom. The smallest absolute Gasteiger partial charge is 0.260 e. The topological polar surface area (TPSA) is 52.2 Å². The second-order valence-electron chi connectivity index (χ2n) is 6.40. The lowest BCUT2D eigenvalue weighted by atomic mass is 10.1. The van der Waals surface area contributed by atoms with Crippen LogP contribution in [0.25, 0.3) is 21.3 Å². The molecule has 0 aliphatic carbocycles. The van der Waals surface area contributed by atoms with Crippen LogP contribution in [0.15, 0.2) is 34.4 Å². The van der Waals surface area contributed by atoms with Crippen LogP contribution in [0.5, 0.6) is 0 Å². The van der Waals surface area contributed by atoms with E-state index >= 15 is 0 Å². The van der Waals surface area contributed by atoms with Gasteiger partial charge < -0.3 is 9.88 Å². The first-order chi connectivity index (χ1) is 12.1. The molecule has 3 aromatic rings. The van der Waals surface area contributed by atoms with E-state index < -0.39 is 0 Å². The van der Waals surface area contributed by atoms with Crippen LogP contribution < -0.4 is 5.56 Å². The lowest BCUT2D eigenvalue weighted by Gasteiger charge is -2.31. The number of rotatable bonds is 3. The highest BCUT2D eigenvalue weighted by Gasteiger charge is 2.18. The molecule has 130 valence electrons. The predicted molar refractivity (Wildman–Crippen MR) is 103 cm³/mol. The van der Waals surface area contributed by atoms with E-state index in [2.05, 4.69) is 26.8 Å². The largest absolute Gasteiger partial charge is 0.309 e. The van der Waals surface area contributed by atoms with Gasteiger partial charge in [0, 0.05) is 47.7 Å². The molecule has 1 fully saturated rings. The lowest BCUT2D eigenvalue weighted by molar-refractivity contribution is 0.145. The van der Waals surface area contributed by atoms with Crippen LogP contribution in [0.4, 0.5) is 0 Å². The molecule has 0 unspecified atom stereocenters. The van der Waals surface area contributed by atoms with Crippen molar-refractivity contribution in [3.05, 3.63) is 50.8 Å². The van der Waals surface area contributed by atoms with Crippen molar-refractivity contribution in [3.8, 4) is 11.1 Å². The molecule has 1 aliphatic rings. The summed E-state index contributed by atoms with van der Waals surface area (Å²) in [6.45, 7) is 4.75. The lowest BCUT2D eigenvalue weighted by Crippen LogP contribution is -2.44. The van der Waals surface area contributed by atoms with Gasteiger partial charge in [-0.3, -0.25) is 9.69 Å². The van der Waals surface area contributed by atoms with E-state index in [4.69, 9.17) is 11.6 Å². The summed E-state index contributed by atoms with van der Waals surface area (Å²) < 4.78 is 0. The van der Waals surface area contributed by atoms with Gasteiger partial charge in [0.2, 0.25) is 0 Å². The molecule has 1 aromatic carbocycles. The first-order valence-electron chi connectivity index (χ1n) is 8.28. The van der Waals surface area contributed by atoms with Crippen LogP contribution in [0, 0.1) is 0 Å². The fourth-order valence-electron chi connectivity index (χ4n) is 3.16. The Kier molecular flexibility index (Phi) is 4.60. The number of fused-ring (bicyclic) bond motifs is 1. The second-order valence-corrected chi connectivity index (χ2v) is 7.67. The highest BCUT2D eigenvalue weighted by atomic mass is 35.5. The summed E-state index contributed by atoms with van der Waals surface area (Å²) in [6.07, 6.45) is 0. The first-order valence-corrected chi connectivity index (χ1v) is 9.54. The summed E-state index contributed by atoms with van der Waals surface area (Å²) in [6, 6.07) is 7.58. The van der Waals surface area contributed by atoms with Crippen LogP contribution in [0.2, 0.25) is 5.02 Å². The Labute approximate surface area is 154 Å². The molecule has 0 amide bonds. The minimum absolute atomic E-state index is 0.0923. The molecule has 2 aromatic heterocycles. The summed E-state index contributed by atoms with van der Waals surface area (Å²) in [4.78, 5) is 25.8. The van der Waals surface area contributed by atoms with Gasteiger partial charge in [0.05, 0.1) is 11.9 Å². The molecule has 0 atom stereocenters. The zero-order chi connectivity index (χ0) is 17.4. The number of benzene rings is 1. The summed E-state index contributed by atoms with van der Waals surface area (Å²) in [5.74, 6) is 0.731. The van der Waals surface area contributed by atoms with E-state index in [1.165, 1.54) is 11.3 Å². The van der Waals surface area contributed by atoms with Crippen molar-refractivity contribution < 1.29 is 0 Å². The predicted octanol–water partition coefficient (Wildman–Crippen LogP) is 3.05. The molecule has 5 nitrogen and oxygen atoms in total. The number of aromatic amines is 1. The van der Waals surface area contributed by atoms with Gasteiger partial charge in [-0.25, -0.2) is 4.98 Å². The maximum atomic E-state index is 12.7. The third-order valence-electron chi connectivity index (χ3n) is 4.63. The van der Waals surface area contributed by atoms with E-state index in [0.717, 1.165) is 48.0 Å². The average Bonchev–Trinajstić information content (AvgIpc) is 3.02. The maximum absolute atomic E-state index is 12.7. The molecule has 3 heterocycles. The van der Waals surface area contributed by atoms with Crippen molar-refractivity contribution >= 4 is 33.2 Å². The molecule has 1 N–H and O–H groups in total. The van der Waals surface area contributed by atoms with E-state index in [-0.39, 0.29) is 5.56 Å². The molecule has 7 heteroatoms. The summed E-state index contributed by atoms with van der Waals surface area (Å²) >= 11 is 7.79. The summed E-state index contributed by atoms with van der Waals surface area (Å²) in [5.41, 5.74) is 1.63. The Hall–Kier alpha value is -1.73. The van der Waals surface area contributed by atoms with Gasteiger partial charge in [-0.15, -0.1) is 11.3 Å². The summed E-state index contributed by atoms with van der Waals surface area (Å²) in [5, 5.41) is 3.23. The van der Waals surface area contributed by atoms with E-state index in [9.17, 15) is 4.79 Å². The van der Waals surface area contributed by atoms with Gasteiger partial charge in [0.15, 0.2) is 0 Å². The van der Waals surface area contributed by atoms with Crippen LogP contribution in [-0.4, -0.2) is 53.0 Å². The highest BCUT2D eigenvalue weighted by Crippen LogP contribution is 2.34. The fraction of sp³-hybridized carbons (Fsp3) is 0.333. The van der Waals surface area contributed by atoms with Gasteiger partial charge in [0.25, 0.3) is 5.56 Å². The van der Waals surface area contributed by atoms with Gasteiger partial charge in [-0.05, 0) is 13.1 Å². The van der Waals surface area contributed by atoms with E-state index in [1.807, 2.05) is 29.6 Å². The number of piperazine rings is 1.